The molecule has 0 fully saturated rings. The van der Waals surface area contributed by atoms with E-state index in [4.69, 9.17) is 9.47 Å². The Balaban J connectivity index is 2.22. The molecule has 2 aromatic rings. The highest BCUT2D eigenvalue weighted by molar-refractivity contribution is 7.03. The fourth-order valence-electron chi connectivity index (χ4n) is 2.05. The number of para-hydroxylation sites is 1. The van der Waals surface area contributed by atoms with Crippen molar-refractivity contribution in [3.05, 3.63) is 40.9 Å². The van der Waals surface area contributed by atoms with Crippen LogP contribution in [0.4, 0.5) is 0 Å². The van der Waals surface area contributed by atoms with Gasteiger partial charge in [-0.2, -0.15) is 0 Å². The Bertz CT molecular complexity index is 519. The van der Waals surface area contributed by atoms with Gasteiger partial charge < -0.3 is 14.8 Å². The van der Waals surface area contributed by atoms with Gasteiger partial charge in [-0.15, -0.1) is 5.10 Å². The summed E-state index contributed by atoms with van der Waals surface area (Å²) in [5, 5.41) is 9.69. The number of aromatic nitrogens is 2. The minimum absolute atomic E-state index is 0.00226. The van der Waals surface area contributed by atoms with E-state index >= 15 is 0 Å². The van der Waals surface area contributed by atoms with Crippen LogP contribution < -0.4 is 10.1 Å². The van der Waals surface area contributed by atoms with E-state index in [1.54, 1.807) is 7.11 Å². The molecule has 1 aromatic heterocycles. The van der Waals surface area contributed by atoms with E-state index in [1.165, 1.54) is 11.5 Å². The standard InChI is InChI=1S/C15H21N3O2S/c1-3-8-16-15(13-11-21-18-17-13)12-6-4-5-7-14(12)20-10-9-19-2/h4-7,11,15-16H,3,8-10H2,1-2H3. The van der Waals surface area contributed by atoms with Crippen molar-refractivity contribution in [2.24, 2.45) is 0 Å². The molecule has 2 rings (SSSR count). The SMILES string of the molecule is CCCNC(c1csnn1)c1ccccc1OCCOC. The van der Waals surface area contributed by atoms with Crippen LogP contribution in [-0.4, -0.2) is 36.5 Å². The summed E-state index contributed by atoms with van der Waals surface area (Å²) in [5.41, 5.74) is 2.01. The number of methoxy groups -OCH3 is 1. The van der Waals surface area contributed by atoms with Gasteiger partial charge in [0, 0.05) is 18.1 Å². The Morgan fingerprint density at radius 2 is 2.14 bits per heavy atom. The topological polar surface area (TPSA) is 56.3 Å². The summed E-state index contributed by atoms with van der Waals surface area (Å²) in [6, 6.07) is 8.03. The van der Waals surface area contributed by atoms with Crippen molar-refractivity contribution in [2.45, 2.75) is 19.4 Å². The van der Waals surface area contributed by atoms with Crippen LogP contribution in [0.1, 0.15) is 30.6 Å². The molecule has 0 aliphatic rings. The molecule has 0 aliphatic heterocycles. The minimum atomic E-state index is 0.00226. The Hall–Kier alpha value is -1.50. The van der Waals surface area contributed by atoms with E-state index in [2.05, 4.69) is 27.9 Å². The van der Waals surface area contributed by atoms with Gasteiger partial charge in [-0.05, 0) is 30.6 Å². The molecule has 1 unspecified atom stereocenters. The second-order valence-electron chi connectivity index (χ2n) is 4.60. The second kappa shape index (κ2) is 8.71. The zero-order valence-electron chi connectivity index (χ0n) is 12.4. The molecular formula is C15H21N3O2S. The average molecular weight is 307 g/mol. The third-order valence-corrected chi connectivity index (χ3v) is 3.57. The lowest BCUT2D eigenvalue weighted by Gasteiger charge is -2.20. The Morgan fingerprint density at radius 3 is 2.86 bits per heavy atom. The third kappa shape index (κ3) is 4.49. The van der Waals surface area contributed by atoms with Crippen LogP contribution in [0.15, 0.2) is 29.6 Å². The Morgan fingerprint density at radius 1 is 1.29 bits per heavy atom. The predicted molar refractivity (Wildman–Crippen MR) is 83.9 cm³/mol. The highest BCUT2D eigenvalue weighted by atomic mass is 32.1. The van der Waals surface area contributed by atoms with Crippen LogP contribution in [0.25, 0.3) is 0 Å². The van der Waals surface area contributed by atoms with E-state index in [0.29, 0.717) is 13.2 Å². The zero-order valence-corrected chi connectivity index (χ0v) is 13.2. The Kier molecular flexibility index (Phi) is 6.59. The lowest BCUT2D eigenvalue weighted by molar-refractivity contribution is 0.145. The molecule has 0 bridgehead atoms. The number of nitrogens with zero attached hydrogens (tertiary/aromatic N) is 2. The van der Waals surface area contributed by atoms with Gasteiger partial charge in [0.15, 0.2) is 0 Å². The summed E-state index contributed by atoms with van der Waals surface area (Å²) in [7, 11) is 1.67. The van der Waals surface area contributed by atoms with Crippen molar-refractivity contribution in [3.8, 4) is 5.75 Å². The van der Waals surface area contributed by atoms with Crippen LogP contribution >= 0.6 is 11.5 Å². The van der Waals surface area contributed by atoms with E-state index in [9.17, 15) is 0 Å². The molecule has 0 spiro atoms. The molecule has 114 valence electrons. The maximum atomic E-state index is 5.83. The Labute approximate surface area is 129 Å². The van der Waals surface area contributed by atoms with Crippen molar-refractivity contribution in [1.82, 2.24) is 14.9 Å². The van der Waals surface area contributed by atoms with Gasteiger partial charge in [-0.3, -0.25) is 0 Å². The molecule has 0 amide bonds. The minimum Gasteiger partial charge on any atom is -0.491 e. The molecule has 21 heavy (non-hydrogen) atoms. The van der Waals surface area contributed by atoms with Crippen molar-refractivity contribution in [1.29, 1.82) is 0 Å². The summed E-state index contributed by atoms with van der Waals surface area (Å²) >= 11 is 1.36. The summed E-state index contributed by atoms with van der Waals surface area (Å²) in [5.74, 6) is 0.858. The number of benzene rings is 1. The fraction of sp³-hybridized carbons (Fsp3) is 0.467. The van der Waals surface area contributed by atoms with Gasteiger partial charge in [0.1, 0.15) is 12.4 Å². The smallest absolute Gasteiger partial charge is 0.124 e. The first-order chi connectivity index (χ1) is 10.4. The first-order valence-corrected chi connectivity index (χ1v) is 7.91. The summed E-state index contributed by atoms with van der Waals surface area (Å²) in [4.78, 5) is 0. The van der Waals surface area contributed by atoms with Crippen molar-refractivity contribution in [2.75, 3.05) is 26.9 Å². The summed E-state index contributed by atoms with van der Waals surface area (Å²) in [6.07, 6.45) is 1.06. The molecule has 1 N–H and O–H groups in total. The first kappa shape index (κ1) is 15.9. The maximum absolute atomic E-state index is 5.83. The largest absolute Gasteiger partial charge is 0.491 e. The van der Waals surface area contributed by atoms with Gasteiger partial charge in [-0.25, -0.2) is 0 Å². The van der Waals surface area contributed by atoms with Gasteiger partial charge >= 0.3 is 0 Å². The van der Waals surface area contributed by atoms with Gasteiger partial charge in [0.05, 0.1) is 18.3 Å². The van der Waals surface area contributed by atoms with Crippen molar-refractivity contribution >= 4 is 11.5 Å². The third-order valence-electron chi connectivity index (χ3n) is 3.05. The number of ether oxygens (including phenoxy) is 2. The molecular weight excluding hydrogens is 286 g/mol. The number of hydrogen-bond acceptors (Lipinski definition) is 6. The first-order valence-electron chi connectivity index (χ1n) is 7.07. The normalized spacial score (nSPS) is 12.3. The maximum Gasteiger partial charge on any atom is 0.124 e. The highest BCUT2D eigenvalue weighted by Crippen LogP contribution is 2.29. The number of nitrogens with one attached hydrogen (secondary N) is 1. The van der Waals surface area contributed by atoms with E-state index in [1.807, 2.05) is 23.6 Å². The van der Waals surface area contributed by atoms with E-state index in [-0.39, 0.29) is 6.04 Å². The predicted octanol–water partition coefficient (Wildman–Crippen LogP) is 2.65. The molecule has 0 radical (unpaired) electrons. The lowest BCUT2D eigenvalue weighted by Crippen LogP contribution is -2.24. The second-order valence-corrected chi connectivity index (χ2v) is 5.21. The molecule has 1 atom stereocenters. The van der Waals surface area contributed by atoms with Crippen LogP contribution in [0.3, 0.4) is 0 Å². The average Bonchev–Trinajstić information content (AvgIpc) is 3.03. The lowest BCUT2D eigenvalue weighted by atomic mass is 10.0. The van der Waals surface area contributed by atoms with Gasteiger partial charge in [-0.1, -0.05) is 29.6 Å². The fourth-order valence-corrected chi connectivity index (χ4v) is 2.53. The molecule has 0 saturated heterocycles. The summed E-state index contributed by atoms with van der Waals surface area (Å²) in [6.45, 7) is 4.15. The zero-order chi connectivity index (χ0) is 14.9. The van der Waals surface area contributed by atoms with Crippen LogP contribution in [-0.2, 0) is 4.74 Å². The van der Waals surface area contributed by atoms with E-state index in [0.717, 1.165) is 30.0 Å². The number of hydrogen-bond donors (Lipinski definition) is 1. The van der Waals surface area contributed by atoms with Crippen LogP contribution in [0, 0.1) is 0 Å². The molecule has 1 aromatic carbocycles. The molecule has 6 heteroatoms. The van der Waals surface area contributed by atoms with Gasteiger partial charge in [0.25, 0.3) is 0 Å². The highest BCUT2D eigenvalue weighted by Gasteiger charge is 2.19. The van der Waals surface area contributed by atoms with E-state index < -0.39 is 0 Å². The molecule has 5 nitrogen and oxygen atoms in total. The van der Waals surface area contributed by atoms with Gasteiger partial charge in [0.2, 0.25) is 0 Å². The van der Waals surface area contributed by atoms with Crippen molar-refractivity contribution < 1.29 is 9.47 Å². The summed E-state index contributed by atoms with van der Waals surface area (Å²) < 4.78 is 14.8. The molecule has 0 aliphatic carbocycles. The van der Waals surface area contributed by atoms with Crippen molar-refractivity contribution in [3.63, 3.8) is 0 Å². The van der Waals surface area contributed by atoms with Crippen LogP contribution in [0.2, 0.25) is 0 Å². The monoisotopic (exact) mass is 307 g/mol. The number of rotatable bonds is 9. The molecule has 0 saturated carbocycles. The van der Waals surface area contributed by atoms with Crippen LogP contribution in [0.5, 0.6) is 5.75 Å². The quantitative estimate of drug-likeness (QED) is 0.722. The molecule has 1 heterocycles.